The van der Waals surface area contributed by atoms with Gasteiger partial charge < -0.3 is 15.4 Å². The number of alkyl halides is 3. The van der Waals surface area contributed by atoms with E-state index in [1.807, 2.05) is 0 Å². The van der Waals surface area contributed by atoms with Crippen LogP contribution in [-0.4, -0.2) is 24.2 Å². The van der Waals surface area contributed by atoms with E-state index in [1.165, 1.54) is 12.1 Å². The smallest absolute Gasteiger partial charge is 0.418 e. The van der Waals surface area contributed by atoms with Crippen molar-refractivity contribution in [1.29, 1.82) is 0 Å². The third-order valence-electron chi connectivity index (χ3n) is 3.61. The van der Waals surface area contributed by atoms with Crippen molar-refractivity contribution >= 4 is 30.8 Å². The Labute approximate surface area is 146 Å². The van der Waals surface area contributed by atoms with Crippen LogP contribution in [0.3, 0.4) is 0 Å². The van der Waals surface area contributed by atoms with Gasteiger partial charge in [-0.25, -0.2) is 4.79 Å². The molecule has 2 N–H and O–H groups in total. The highest BCUT2D eigenvalue weighted by Gasteiger charge is 2.37. The molecule has 8 heteroatoms. The lowest BCUT2D eigenvalue weighted by molar-refractivity contribution is -0.156. The fourth-order valence-corrected chi connectivity index (χ4v) is 2.66. The molecule has 0 amide bonds. The van der Waals surface area contributed by atoms with Crippen molar-refractivity contribution in [3.05, 3.63) is 23.8 Å². The first kappa shape index (κ1) is 20.5. The van der Waals surface area contributed by atoms with Crippen molar-refractivity contribution in [3.8, 4) is 0 Å². The molecule has 0 radical (unpaired) electrons. The number of halogens is 3. The SMILES string of the molecule is CC(C)(C)OC(=O)[C@@H]1CCCN1c1ccc(N)c(C(F)(F)F)c1.S. The summed E-state index contributed by atoms with van der Waals surface area (Å²) in [5.74, 6) is -0.416. The predicted octanol–water partition coefficient (Wildman–Crippen LogP) is 3.71. The molecule has 24 heavy (non-hydrogen) atoms. The van der Waals surface area contributed by atoms with Crippen LogP contribution >= 0.6 is 13.5 Å². The van der Waals surface area contributed by atoms with Crippen LogP contribution in [0.1, 0.15) is 39.2 Å². The lowest BCUT2D eigenvalue weighted by Gasteiger charge is -2.29. The van der Waals surface area contributed by atoms with Crippen molar-refractivity contribution < 1.29 is 22.7 Å². The highest BCUT2D eigenvalue weighted by Crippen LogP contribution is 2.37. The second-order valence-corrected chi connectivity index (χ2v) is 6.65. The number of nitrogens with two attached hydrogens (primary N) is 1. The van der Waals surface area contributed by atoms with Crippen LogP contribution in [0, 0.1) is 0 Å². The number of nitrogens with zero attached hydrogens (tertiary/aromatic N) is 1. The molecule has 2 rings (SSSR count). The first-order chi connectivity index (χ1) is 10.5. The third-order valence-corrected chi connectivity index (χ3v) is 3.61. The largest absolute Gasteiger partial charge is 0.458 e. The van der Waals surface area contributed by atoms with Gasteiger partial charge in [0.15, 0.2) is 0 Å². The summed E-state index contributed by atoms with van der Waals surface area (Å²) in [6, 6.07) is 3.16. The molecule has 1 fully saturated rings. The first-order valence-corrected chi connectivity index (χ1v) is 7.45. The maximum atomic E-state index is 13.0. The molecule has 1 aromatic rings. The predicted molar refractivity (Wildman–Crippen MR) is 92.5 cm³/mol. The molecule has 136 valence electrons. The van der Waals surface area contributed by atoms with Crippen molar-refractivity contribution in [3.63, 3.8) is 0 Å². The second kappa shape index (κ2) is 7.13. The molecule has 1 heterocycles. The average molecular weight is 364 g/mol. The molecule has 0 saturated carbocycles. The zero-order chi connectivity index (χ0) is 17.4. The molecule has 1 aromatic carbocycles. The van der Waals surface area contributed by atoms with Crippen LogP contribution in [0.4, 0.5) is 24.5 Å². The van der Waals surface area contributed by atoms with Crippen LogP contribution in [-0.2, 0) is 15.7 Å². The van der Waals surface area contributed by atoms with E-state index in [-0.39, 0.29) is 19.2 Å². The summed E-state index contributed by atoms with van der Waals surface area (Å²) < 4.78 is 44.4. The summed E-state index contributed by atoms with van der Waals surface area (Å²) in [4.78, 5) is 13.9. The summed E-state index contributed by atoms with van der Waals surface area (Å²) in [6.07, 6.45) is -3.25. The fourth-order valence-electron chi connectivity index (χ4n) is 2.66. The molecular weight excluding hydrogens is 341 g/mol. The molecule has 4 nitrogen and oxygen atoms in total. The molecule has 1 aliphatic heterocycles. The number of carbonyl (C=O) groups excluding carboxylic acids is 1. The van der Waals surface area contributed by atoms with Crippen molar-refractivity contribution in [1.82, 2.24) is 0 Å². The van der Waals surface area contributed by atoms with Gasteiger partial charge in [-0.05, 0) is 51.8 Å². The molecule has 0 aromatic heterocycles. The molecular formula is C16H23F3N2O2S. The molecule has 1 atom stereocenters. The number of hydrogen-bond donors (Lipinski definition) is 1. The Bertz CT molecular complexity index is 600. The molecule has 1 saturated heterocycles. The third kappa shape index (κ3) is 4.72. The van der Waals surface area contributed by atoms with Gasteiger partial charge in [0.05, 0.1) is 5.56 Å². The standard InChI is InChI=1S/C16H21F3N2O2.H2S/c1-15(2,3)23-14(22)13-5-4-8-21(13)10-6-7-12(20)11(9-10)16(17,18)19;/h6-7,9,13H,4-5,8,20H2,1-3H3;1H2/t13-;/m0./s1. The lowest BCUT2D eigenvalue weighted by Crippen LogP contribution is -2.40. The lowest BCUT2D eigenvalue weighted by atomic mass is 10.1. The Hall–Kier alpha value is -1.57. The summed E-state index contributed by atoms with van der Waals surface area (Å²) in [5.41, 5.74) is 3.91. The van der Waals surface area contributed by atoms with Gasteiger partial charge in [-0.3, -0.25) is 0 Å². The van der Waals surface area contributed by atoms with E-state index in [9.17, 15) is 18.0 Å². The topological polar surface area (TPSA) is 55.6 Å². The van der Waals surface area contributed by atoms with Crippen molar-refractivity contribution in [2.75, 3.05) is 17.2 Å². The van der Waals surface area contributed by atoms with Gasteiger partial charge in [0, 0.05) is 17.9 Å². The van der Waals surface area contributed by atoms with Crippen molar-refractivity contribution in [2.24, 2.45) is 0 Å². The normalized spacial score (nSPS) is 18.2. The Kier molecular flexibility index (Phi) is 6.08. The number of esters is 1. The van der Waals surface area contributed by atoms with Gasteiger partial charge in [0.2, 0.25) is 0 Å². The zero-order valence-corrected chi connectivity index (χ0v) is 14.9. The molecule has 0 unspecified atom stereocenters. The molecule has 0 spiro atoms. The second-order valence-electron chi connectivity index (χ2n) is 6.65. The maximum absolute atomic E-state index is 13.0. The minimum Gasteiger partial charge on any atom is -0.458 e. The number of ether oxygens (including phenoxy) is 1. The molecule has 0 aliphatic carbocycles. The Morgan fingerprint density at radius 2 is 1.92 bits per heavy atom. The average Bonchev–Trinajstić information content (AvgIpc) is 2.85. The first-order valence-electron chi connectivity index (χ1n) is 7.45. The van der Waals surface area contributed by atoms with E-state index >= 15 is 0 Å². The van der Waals surface area contributed by atoms with Gasteiger partial charge in [-0.2, -0.15) is 26.7 Å². The van der Waals surface area contributed by atoms with E-state index in [1.54, 1.807) is 25.7 Å². The van der Waals surface area contributed by atoms with Crippen molar-refractivity contribution in [2.45, 2.75) is 51.4 Å². The Morgan fingerprint density at radius 1 is 1.29 bits per heavy atom. The van der Waals surface area contributed by atoms with Gasteiger partial charge in [0.25, 0.3) is 0 Å². The van der Waals surface area contributed by atoms with Gasteiger partial charge in [-0.15, -0.1) is 0 Å². The monoisotopic (exact) mass is 364 g/mol. The summed E-state index contributed by atoms with van der Waals surface area (Å²) in [6.45, 7) is 5.78. The van der Waals surface area contributed by atoms with Crippen LogP contribution in [0.25, 0.3) is 0 Å². The Morgan fingerprint density at radius 3 is 2.46 bits per heavy atom. The highest BCUT2D eigenvalue weighted by atomic mass is 32.1. The zero-order valence-electron chi connectivity index (χ0n) is 13.9. The van der Waals surface area contributed by atoms with E-state index in [4.69, 9.17) is 10.5 Å². The van der Waals surface area contributed by atoms with Gasteiger partial charge >= 0.3 is 12.1 Å². The van der Waals surface area contributed by atoms with Crippen LogP contribution in [0.2, 0.25) is 0 Å². The van der Waals surface area contributed by atoms with E-state index < -0.39 is 29.4 Å². The van der Waals surface area contributed by atoms with E-state index in [0.29, 0.717) is 18.7 Å². The van der Waals surface area contributed by atoms with Crippen LogP contribution < -0.4 is 10.6 Å². The minimum atomic E-state index is -4.53. The number of anilines is 2. The Balaban J connectivity index is 0.00000288. The quantitative estimate of drug-likeness (QED) is 0.642. The maximum Gasteiger partial charge on any atom is 0.418 e. The summed E-state index contributed by atoms with van der Waals surface area (Å²) >= 11 is 0. The minimum absolute atomic E-state index is 0. The number of benzene rings is 1. The van der Waals surface area contributed by atoms with Crippen LogP contribution in [0.15, 0.2) is 18.2 Å². The molecule has 0 bridgehead atoms. The highest BCUT2D eigenvalue weighted by molar-refractivity contribution is 7.59. The van der Waals surface area contributed by atoms with Gasteiger partial charge in [-0.1, -0.05) is 0 Å². The molecule has 1 aliphatic rings. The number of nitrogen functional groups attached to an aromatic ring is 1. The number of carbonyl (C=O) groups is 1. The van der Waals surface area contributed by atoms with E-state index in [2.05, 4.69) is 0 Å². The fraction of sp³-hybridized carbons (Fsp3) is 0.562. The van der Waals surface area contributed by atoms with E-state index in [0.717, 1.165) is 12.5 Å². The van der Waals surface area contributed by atoms with Crippen LogP contribution in [0.5, 0.6) is 0 Å². The summed E-state index contributed by atoms with van der Waals surface area (Å²) in [7, 11) is 0. The number of rotatable bonds is 2. The summed E-state index contributed by atoms with van der Waals surface area (Å²) in [5, 5.41) is 0. The number of hydrogen-bond acceptors (Lipinski definition) is 4. The van der Waals surface area contributed by atoms with Gasteiger partial charge in [0.1, 0.15) is 11.6 Å².